The first-order valence-electron chi connectivity index (χ1n) is 7.40. The van der Waals surface area contributed by atoms with Crippen molar-refractivity contribution in [2.75, 3.05) is 31.1 Å². The number of morpholine rings is 1. The van der Waals surface area contributed by atoms with Gasteiger partial charge in [0.25, 0.3) is 0 Å². The Morgan fingerprint density at radius 2 is 1.77 bits per heavy atom. The lowest BCUT2D eigenvalue weighted by Crippen LogP contribution is -2.51. The van der Waals surface area contributed by atoms with E-state index in [1.807, 2.05) is 32.0 Å². The Balaban J connectivity index is 2.06. The van der Waals surface area contributed by atoms with Gasteiger partial charge in [-0.05, 0) is 26.0 Å². The molecule has 6 heteroatoms. The van der Waals surface area contributed by atoms with Crippen molar-refractivity contribution in [3.05, 3.63) is 30.3 Å². The number of ether oxygens (including phenoxy) is 1. The molecule has 0 spiro atoms. The smallest absolute Gasteiger partial charge is 0.323 e. The molecule has 120 valence electrons. The van der Waals surface area contributed by atoms with E-state index in [-0.39, 0.29) is 31.2 Å². The molecule has 1 aliphatic rings. The molecule has 6 nitrogen and oxygen atoms in total. The number of anilines is 1. The van der Waals surface area contributed by atoms with Crippen LogP contribution in [-0.2, 0) is 14.3 Å². The molecular weight excluding hydrogens is 284 g/mol. The van der Waals surface area contributed by atoms with Gasteiger partial charge in [-0.3, -0.25) is 9.59 Å². The van der Waals surface area contributed by atoms with Crippen LogP contribution in [-0.4, -0.2) is 60.3 Å². The van der Waals surface area contributed by atoms with Crippen LogP contribution in [0.3, 0.4) is 0 Å². The zero-order valence-electron chi connectivity index (χ0n) is 12.9. The number of amides is 1. The minimum absolute atomic E-state index is 0.00245. The summed E-state index contributed by atoms with van der Waals surface area (Å²) in [5.74, 6) is -1.03. The molecule has 1 saturated heterocycles. The predicted molar refractivity (Wildman–Crippen MR) is 82.9 cm³/mol. The van der Waals surface area contributed by atoms with Crippen LogP contribution in [0.5, 0.6) is 0 Å². The average Bonchev–Trinajstić information content (AvgIpc) is 2.46. The standard InChI is InChI=1S/C16H22N2O4/c1-12-8-18(9-13(2)22-12)15(19)10-17(11-16(20)21)14-6-4-3-5-7-14/h3-7,12-13H,8-11H2,1-2H3,(H,20,21). The third-order valence-electron chi connectivity index (χ3n) is 3.55. The molecule has 2 atom stereocenters. The second-order valence-corrected chi connectivity index (χ2v) is 5.64. The molecule has 0 saturated carbocycles. The SMILES string of the molecule is CC1CN(C(=O)CN(CC(=O)O)c2ccccc2)CC(C)O1. The van der Waals surface area contributed by atoms with Gasteiger partial charge in [-0.25, -0.2) is 0 Å². The highest BCUT2D eigenvalue weighted by Crippen LogP contribution is 2.15. The molecule has 1 aliphatic heterocycles. The number of nitrogens with zero attached hydrogens (tertiary/aromatic N) is 2. The van der Waals surface area contributed by atoms with E-state index in [0.29, 0.717) is 13.1 Å². The van der Waals surface area contributed by atoms with Gasteiger partial charge in [0.2, 0.25) is 5.91 Å². The summed E-state index contributed by atoms with van der Waals surface area (Å²) >= 11 is 0. The van der Waals surface area contributed by atoms with E-state index in [1.54, 1.807) is 21.9 Å². The summed E-state index contributed by atoms with van der Waals surface area (Å²) < 4.78 is 5.62. The quantitative estimate of drug-likeness (QED) is 0.885. The average molecular weight is 306 g/mol. The Labute approximate surface area is 130 Å². The number of carbonyl (C=O) groups is 2. The third-order valence-corrected chi connectivity index (χ3v) is 3.55. The number of benzene rings is 1. The second kappa shape index (κ2) is 7.26. The van der Waals surface area contributed by atoms with Gasteiger partial charge in [-0.1, -0.05) is 18.2 Å². The topological polar surface area (TPSA) is 70.1 Å². The van der Waals surface area contributed by atoms with Crippen molar-refractivity contribution in [3.63, 3.8) is 0 Å². The van der Waals surface area contributed by atoms with Gasteiger partial charge in [0.15, 0.2) is 0 Å². The van der Waals surface area contributed by atoms with Gasteiger partial charge >= 0.3 is 5.97 Å². The van der Waals surface area contributed by atoms with Crippen molar-refractivity contribution in [2.45, 2.75) is 26.1 Å². The van der Waals surface area contributed by atoms with E-state index >= 15 is 0 Å². The number of carboxylic acids is 1. The normalized spacial score (nSPS) is 21.5. The largest absolute Gasteiger partial charge is 0.480 e. The fourth-order valence-corrected chi connectivity index (χ4v) is 2.69. The lowest BCUT2D eigenvalue weighted by Gasteiger charge is -2.36. The minimum Gasteiger partial charge on any atom is -0.480 e. The number of hydrogen-bond acceptors (Lipinski definition) is 4. The van der Waals surface area contributed by atoms with E-state index < -0.39 is 5.97 Å². The second-order valence-electron chi connectivity index (χ2n) is 5.64. The maximum atomic E-state index is 12.5. The summed E-state index contributed by atoms with van der Waals surface area (Å²) in [7, 11) is 0. The number of aliphatic carboxylic acids is 1. The molecule has 1 aromatic rings. The minimum atomic E-state index is -0.958. The maximum absolute atomic E-state index is 12.5. The predicted octanol–water partition coefficient (Wildman–Crippen LogP) is 1.21. The summed E-state index contributed by atoms with van der Waals surface area (Å²) in [5, 5.41) is 9.07. The highest BCUT2D eigenvalue weighted by molar-refractivity contribution is 5.84. The Bertz CT molecular complexity index is 510. The summed E-state index contributed by atoms with van der Waals surface area (Å²) in [6.07, 6.45) is -0.00491. The molecular formula is C16H22N2O4. The van der Waals surface area contributed by atoms with Crippen LogP contribution < -0.4 is 4.90 Å². The van der Waals surface area contributed by atoms with Gasteiger partial charge < -0.3 is 19.6 Å². The summed E-state index contributed by atoms with van der Waals surface area (Å²) in [5.41, 5.74) is 0.729. The molecule has 1 aromatic carbocycles. The Morgan fingerprint density at radius 3 is 2.32 bits per heavy atom. The Kier molecular flexibility index (Phi) is 5.38. The highest BCUT2D eigenvalue weighted by atomic mass is 16.5. The molecule has 22 heavy (non-hydrogen) atoms. The maximum Gasteiger partial charge on any atom is 0.323 e. The van der Waals surface area contributed by atoms with Crippen molar-refractivity contribution in [3.8, 4) is 0 Å². The van der Waals surface area contributed by atoms with Gasteiger partial charge in [0.1, 0.15) is 6.54 Å². The molecule has 1 heterocycles. The summed E-state index contributed by atoms with van der Waals surface area (Å²) in [6.45, 7) is 4.79. The van der Waals surface area contributed by atoms with Crippen molar-refractivity contribution < 1.29 is 19.4 Å². The van der Waals surface area contributed by atoms with Gasteiger partial charge in [0, 0.05) is 18.8 Å². The first kappa shape index (κ1) is 16.3. The number of carbonyl (C=O) groups excluding carboxylic acids is 1. The Hall–Kier alpha value is -2.08. The molecule has 0 radical (unpaired) electrons. The molecule has 0 bridgehead atoms. The third kappa shape index (κ3) is 4.46. The van der Waals surface area contributed by atoms with Crippen LogP contribution >= 0.6 is 0 Å². The van der Waals surface area contributed by atoms with E-state index in [9.17, 15) is 9.59 Å². The Morgan fingerprint density at radius 1 is 1.18 bits per heavy atom. The lowest BCUT2D eigenvalue weighted by molar-refractivity contribution is -0.141. The van der Waals surface area contributed by atoms with Crippen molar-refractivity contribution in [2.24, 2.45) is 0 Å². The molecule has 2 rings (SSSR count). The molecule has 0 aromatic heterocycles. The van der Waals surface area contributed by atoms with Crippen molar-refractivity contribution in [1.29, 1.82) is 0 Å². The van der Waals surface area contributed by atoms with E-state index in [0.717, 1.165) is 5.69 Å². The molecule has 1 amide bonds. The van der Waals surface area contributed by atoms with Crippen molar-refractivity contribution >= 4 is 17.6 Å². The molecule has 1 N–H and O–H groups in total. The molecule has 2 unspecified atom stereocenters. The highest BCUT2D eigenvalue weighted by Gasteiger charge is 2.27. The van der Waals surface area contributed by atoms with E-state index in [1.165, 1.54) is 0 Å². The first-order chi connectivity index (χ1) is 10.5. The number of para-hydroxylation sites is 1. The van der Waals surface area contributed by atoms with Crippen LogP contribution in [0.2, 0.25) is 0 Å². The van der Waals surface area contributed by atoms with Crippen LogP contribution in [0.4, 0.5) is 5.69 Å². The first-order valence-corrected chi connectivity index (χ1v) is 7.40. The van der Waals surface area contributed by atoms with E-state index in [2.05, 4.69) is 0 Å². The summed E-state index contributed by atoms with van der Waals surface area (Å²) in [6, 6.07) is 9.12. The van der Waals surface area contributed by atoms with Crippen LogP contribution in [0.25, 0.3) is 0 Å². The molecule has 1 fully saturated rings. The van der Waals surface area contributed by atoms with E-state index in [4.69, 9.17) is 9.84 Å². The fourth-order valence-electron chi connectivity index (χ4n) is 2.69. The lowest BCUT2D eigenvalue weighted by atomic mass is 10.2. The van der Waals surface area contributed by atoms with Crippen LogP contribution in [0.1, 0.15) is 13.8 Å². The zero-order valence-corrected chi connectivity index (χ0v) is 12.9. The van der Waals surface area contributed by atoms with Gasteiger partial charge in [-0.15, -0.1) is 0 Å². The van der Waals surface area contributed by atoms with Crippen LogP contribution in [0.15, 0.2) is 30.3 Å². The zero-order chi connectivity index (χ0) is 16.1. The number of hydrogen-bond donors (Lipinski definition) is 1. The monoisotopic (exact) mass is 306 g/mol. The van der Waals surface area contributed by atoms with Crippen molar-refractivity contribution in [1.82, 2.24) is 4.90 Å². The summed E-state index contributed by atoms with van der Waals surface area (Å²) in [4.78, 5) is 26.9. The number of carboxylic acid groups (broad SMARTS) is 1. The van der Waals surface area contributed by atoms with Gasteiger partial charge in [0.05, 0.1) is 18.8 Å². The number of rotatable bonds is 5. The molecule has 0 aliphatic carbocycles. The van der Waals surface area contributed by atoms with Gasteiger partial charge in [-0.2, -0.15) is 0 Å². The van der Waals surface area contributed by atoms with Crippen LogP contribution in [0, 0.1) is 0 Å². The fraction of sp³-hybridized carbons (Fsp3) is 0.500.